The van der Waals surface area contributed by atoms with E-state index >= 15 is 0 Å². The number of nitrogens with one attached hydrogen (secondary N) is 1. The second-order valence-corrected chi connectivity index (χ2v) is 9.76. The van der Waals surface area contributed by atoms with Gasteiger partial charge in [-0.05, 0) is 82.3 Å². The van der Waals surface area contributed by atoms with E-state index in [0.717, 1.165) is 19.3 Å². The van der Waals surface area contributed by atoms with Crippen molar-refractivity contribution in [1.29, 1.82) is 0 Å². The van der Waals surface area contributed by atoms with Crippen molar-refractivity contribution in [2.24, 2.45) is 0 Å². The summed E-state index contributed by atoms with van der Waals surface area (Å²) in [6, 6.07) is 13.1. The van der Waals surface area contributed by atoms with Crippen molar-refractivity contribution < 1.29 is 23.5 Å². The molecule has 0 spiro atoms. The van der Waals surface area contributed by atoms with E-state index in [-0.39, 0.29) is 48.0 Å². The molecule has 0 aliphatic carbocycles. The Labute approximate surface area is 211 Å². The third kappa shape index (κ3) is 6.04. The Bertz CT molecular complexity index is 1070. The maximum Gasteiger partial charge on any atom is 0.260 e. The highest BCUT2D eigenvalue weighted by atomic mass is 19.1. The second-order valence-electron chi connectivity index (χ2n) is 9.76. The lowest BCUT2D eigenvalue weighted by Crippen LogP contribution is -2.49. The van der Waals surface area contributed by atoms with Crippen LogP contribution >= 0.6 is 0 Å². The molecule has 2 aliphatic heterocycles. The van der Waals surface area contributed by atoms with E-state index in [9.17, 15) is 18.8 Å². The Kier molecular flexibility index (Phi) is 8.23. The molecule has 0 saturated carbocycles. The molecule has 192 valence electrons. The average Bonchev–Trinajstić information content (AvgIpc) is 2.88. The smallest absolute Gasteiger partial charge is 0.260 e. The monoisotopic (exact) mass is 495 g/mol. The lowest BCUT2D eigenvalue weighted by atomic mass is 9.97. The van der Waals surface area contributed by atoms with Gasteiger partial charge in [0.05, 0.1) is 5.56 Å². The highest BCUT2D eigenvalue weighted by Gasteiger charge is 2.29. The molecule has 0 radical (unpaired) electrons. The van der Waals surface area contributed by atoms with Crippen LogP contribution in [0.4, 0.5) is 4.39 Å². The molecule has 36 heavy (non-hydrogen) atoms. The Morgan fingerprint density at radius 1 is 0.944 bits per heavy atom. The molecule has 0 aromatic heterocycles. The van der Waals surface area contributed by atoms with Gasteiger partial charge in [0.1, 0.15) is 11.6 Å². The summed E-state index contributed by atoms with van der Waals surface area (Å²) in [5.74, 6) is -0.525. The second kappa shape index (κ2) is 11.5. The molecular formula is C28H34FN3O4. The topological polar surface area (TPSA) is 79.0 Å². The van der Waals surface area contributed by atoms with Gasteiger partial charge in [0.15, 0.2) is 6.61 Å². The van der Waals surface area contributed by atoms with Crippen LogP contribution < -0.4 is 10.1 Å². The van der Waals surface area contributed by atoms with Crippen LogP contribution in [-0.4, -0.2) is 65.3 Å². The summed E-state index contributed by atoms with van der Waals surface area (Å²) in [6.45, 7) is 5.03. The molecule has 2 aromatic rings. The Morgan fingerprint density at radius 2 is 1.58 bits per heavy atom. The lowest BCUT2D eigenvalue weighted by molar-refractivity contribution is -0.139. The molecule has 2 atom stereocenters. The lowest BCUT2D eigenvalue weighted by Gasteiger charge is -2.38. The van der Waals surface area contributed by atoms with Gasteiger partial charge in [-0.25, -0.2) is 4.39 Å². The minimum absolute atomic E-state index is 0.0173. The van der Waals surface area contributed by atoms with Crippen LogP contribution in [-0.2, 0) is 4.79 Å². The Hall–Kier alpha value is -3.42. The van der Waals surface area contributed by atoms with E-state index < -0.39 is 5.82 Å². The van der Waals surface area contributed by atoms with Crippen molar-refractivity contribution in [3.63, 3.8) is 0 Å². The Morgan fingerprint density at radius 3 is 2.22 bits per heavy atom. The van der Waals surface area contributed by atoms with Crippen LogP contribution in [0.1, 0.15) is 66.7 Å². The molecule has 3 amide bonds. The minimum atomic E-state index is -0.523. The number of benzene rings is 2. The number of ether oxygens (including phenoxy) is 1. The van der Waals surface area contributed by atoms with Crippen molar-refractivity contribution >= 4 is 17.7 Å². The predicted octanol–water partition coefficient (Wildman–Crippen LogP) is 4.03. The van der Waals surface area contributed by atoms with E-state index in [1.54, 1.807) is 41.3 Å². The summed E-state index contributed by atoms with van der Waals surface area (Å²) < 4.78 is 19.6. The minimum Gasteiger partial charge on any atom is -0.484 e. The van der Waals surface area contributed by atoms with Crippen molar-refractivity contribution in [3.05, 3.63) is 65.5 Å². The van der Waals surface area contributed by atoms with Crippen LogP contribution in [0.2, 0.25) is 0 Å². The largest absolute Gasteiger partial charge is 0.484 e. The average molecular weight is 496 g/mol. The highest BCUT2D eigenvalue weighted by Crippen LogP contribution is 2.23. The van der Waals surface area contributed by atoms with Crippen molar-refractivity contribution in [2.75, 3.05) is 19.7 Å². The predicted molar refractivity (Wildman–Crippen MR) is 134 cm³/mol. The first-order valence-electron chi connectivity index (χ1n) is 12.7. The fourth-order valence-electron chi connectivity index (χ4n) is 5.14. The zero-order chi connectivity index (χ0) is 25.7. The van der Waals surface area contributed by atoms with Crippen LogP contribution in [0.15, 0.2) is 48.5 Å². The molecule has 2 heterocycles. The molecular weight excluding hydrogens is 461 g/mol. The van der Waals surface area contributed by atoms with E-state index in [2.05, 4.69) is 19.2 Å². The number of carbonyl (C=O) groups excluding carboxylic acids is 3. The number of hydrogen-bond donors (Lipinski definition) is 1. The van der Waals surface area contributed by atoms with Crippen molar-refractivity contribution in [1.82, 2.24) is 15.1 Å². The number of hydrogen-bond acceptors (Lipinski definition) is 4. The van der Waals surface area contributed by atoms with E-state index in [1.807, 2.05) is 4.90 Å². The molecule has 2 aliphatic rings. The zero-order valence-electron chi connectivity index (χ0n) is 20.9. The molecule has 2 aromatic carbocycles. The van der Waals surface area contributed by atoms with Crippen LogP contribution in [0.25, 0.3) is 0 Å². The van der Waals surface area contributed by atoms with Gasteiger partial charge in [-0.3, -0.25) is 14.4 Å². The van der Waals surface area contributed by atoms with Gasteiger partial charge < -0.3 is 19.9 Å². The Balaban J connectivity index is 1.23. The third-order valence-electron chi connectivity index (χ3n) is 7.18. The van der Waals surface area contributed by atoms with Crippen LogP contribution in [0.5, 0.6) is 5.75 Å². The summed E-state index contributed by atoms with van der Waals surface area (Å²) in [6.07, 6.45) is 4.37. The first-order valence-corrected chi connectivity index (χ1v) is 12.7. The van der Waals surface area contributed by atoms with E-state index in [1.165, 1.54) is 12.1 Å². The van der Waals surface area contributed by atoms with Gasteiger partial charge in [-0.1, -0.05) is 12.1 Å². The fraction of sp³-hybridized carbons (Fsp3) is 0.464. The van der Waals surface area contributed by atoms with Crippen molar-refractivity contribution in [3.8, 4) is 5.75 Å². The normalized spacial score (nSPS) is 20.6. The third-order valence-corrected chi connectivity index (χ3v) is 7.18. The number of amides is 3. The van der Waals surface area contributed by atoms with Gasteiger partial charge in [0.25, 0.3) is 17.7 Å². The highest BCUT2D eigenvalue weighted by molar-refractivity contribution is 5.95. The molecule has 4 rings (SSSR count). The number of nitrogens with zero attached hydrogens (tertiary/aromatic N) is 2. The number of rotatable bonds is 6. The summed E-state index contributed by atoms with van der Waals surface area (Å²) in [5.41, 5.74) is 0.570. The van der Waals surface area contributed by atoms with Crippen molar-refractivity contribution in [2.45, 2.75) is 64.1 Å². The molecule has 2 unspecified atom stereocenters. The fourth-order valence-corrected chi connectivity index (χ4v) is 5.14. The molecule has 1 N–H and O–H groups in total. The van der Waals surface area contributed by atoms with Crippen LogP contribution in [0.3, 0.4) is 0 Å². The van der Waals surface area contributed by atoms with E-state index in [4.69, 9.17) is 4.74 Å². The first-order chi connectivity index (χ1) is 17.3. The van der Waals surface area contributed by atoms with Gasteiger partial charge in [-0.15, -0.1) is 0 Å². The quantitative estimate of drug-likeness (QED) is 0.656. The number of halogens is 1. The maximum absolute atomic E-state index is 13.9. The molecule has 2 fully saturated rings. The molecule has 7 nitrogen and oxygen atoms in total. The zero-order valence-corrected chi connectivity index (χ0v) is 20.9. The number of piperidine rings is 2. The van der Waals surface area contributed by atoms with E-state index in [0.29, 0.717) is 37.2 Å². The van der Waals surface area contributed by atoms with Gasteiger partial charge >= 0.3 is 0 Å². The molecule has 0 bridgehead atoms. The first kappa shape index (κ1) is 25.7. The summed E-state index contributed by atoms with van der Waals surface area (Å²) in [5, 5.41) is 3.02. The number of carbonyl (C=O) groups is 3. The van der Waals surface area contributed by atoms with Gasteiger partial charge in [0, 0.05) is 36.8 Å². The maximum atomic E-state index is 13.9. The van der Waals surface area contributed by atoms with Crippen LogP contribution in [0, 0.1) is 5.82 Å². The standard InChI is InChI=1S/C28H34FN3O4/c1-19-6-5-7-20(2)32(19)26(33)18-36-23-12-10-21(11-13-23)27(34)30-22-14-16-31(17-15-22)28(35)24-8-3-4-9-25(24)29/h3-4,8-13,19-20,22H,5-7,14-18H2,1-2H3,(H,30,34). The number of likely N-dealkylation sites (tertiary alicyclic amines) is 2. The van der Waals surface area contributed by atoms with Gasteiger partial charge in [0.2, 0.25) is 0 Å². The summed E-state index contributed by atoms with van der Waals surface area (Å²) in [4.78, 5) is 41.5. The molecule has 8 heteroatoms. The summed E-state index contributed by atoms with van der Waals surface area (Å²) >= 11 is 0. The van der Waals surface area contributed by atoms with Gasteiger partial charge in [-0.2, -0.15) is 0 Å². The molecule has 2 saturated heterocycles. The SMILES string of the molecule is CC1CCCC(C)N1C(=O)COc1ccc(C(=O)NC2CCN(C(=O)c3ccccc3F)CC2)cc1. The summed E-state index contributed by atoms with van der Waals surface area (Å²) in [7, 11) is 0.